The number of fused-ring (bicyclic) bond motifs is 1. The molecule has 0 aliphatic heterocycles. The van der Waals surface area contributed by atoms with Crippen molar-refractivity contribution in [2.45, 2.75) is 6.18 Å². The number of carbonyl (C=O) groups is 1. The Labute approximate surface area is 155 Å². The number of nitrogens with zero attached hydrogens (tertiary/aromatic N) is 2. The van der Waals surface area contributed by atoms with Crippen molar-refractivity contribution in [2.75, 3.05) is 10.6 Å². The number of urea groups is 1. The van der Waals surface area contributed by atoms with E-state index in [4.69, 9.17) is 23.2 Å². The lowest BCUT2D eigenvalue weighted by molar-refractivity contribution is -0.140. The highest BCUT2D eigenvalue weighted by molar-refractivity contribution is 6.42. The number of anilines is 2. The lowest BCUT2D eigenvalue weighted by Crippen LogP contribution is -2.23. The van der Waals surface area contributed by atoms with Crippen LogP contribution in [0.4, 0.5) is 29.5 Å². The van der Waals surface area contributed by atoms with Crippen molar-refractivity contribution < 1.29 is 18.0 Å². The zero-order valence-corrected chi connectivity index (χ0v) is 14.2. The molecule has 134 valence electrons. The number of halogens is 5. The molecule has 0 aliphatic rings. The summed E-state index contributed by atoms with van der Waals surface area (Å²) in [6.07, 6.45) is -4.79. The van der Waals surface area contributed by atoms with E-state index < -0.39 is 23.7 Å². The van der Waals surface area contributed by atoms with Gasteiger partial charge in [0.1, 0.15) is 0 Å². The predicted octanol–water partition coefficient (Wildman–Crippen LogP) is 5.60. The lowest BCUT2D eigenvalue weighted by atomic mass is 10.2. The van der Waals surface area contributed by atoms with E-state index in [-0.39, 0.29) is 26.8 Å². The first-order valence-corrected chi connectivity index (χ1v) is 7.86. The number of amides is 2. The minimum absolute atomic E-state index is 0.0651. The Balaban J connectivity index is 1.91. The molecule has 0 aliphatic carbocycles. The third-order valence-electron chi connectivity index (χ3n) is 3.25. The molecule has 5 nitrogen and oxygen atoms in total. The van der Waals surface area contributed by atoms with Gasteiger partial charge in [-0.2, -0.15) is 13.2 Å². The van der Waals surface area contributed by atoms with Gasteiger partial charge in [0.15, 0.2) is 11.5 Å². The molecule has 0 unspecified atom stereocenters. The highest BCUT2D eigenvalue weighted by Crippen LogP contribution is 2.33. The van der Waals surface area contributed by atoms with Gasteiger partial charge in [-0.3, -0.25) is 5.32 Å². The van der Waals surface area contributed by atoms with Gasteiger partial charge in [0.05, 0.1) is 21.1 Å². The van der Waals surface area contributed by atoms with Gasteiger partial charge >= 0.3 is 12.2 Å². The largest absolute Gasteiger partial charge is 0.437 e. The monoisotopic (exact) mass is 400 g/mol. The van der Waals surface area contributed by atoms with Crippen LogP contribution in [0.3, 0.4) is 0 Å². The van der Waals surface area contributed by atoms with Gasteiger partial charge in [-0.1, -0.05) is 35.3 Å². The van der Waals surface area contributed by atoms with Crippen molar-refractivity contribution in [1.29, 1.82) is 0 Å². The van der Waals surface area contributed by atoms with E-state index in [0.717, 1.165) is 0 Å². The molecule has 3 aromatic rings. The Morgan fingerprint density at radius 1 is 0.923 bits per heavy atom. The van der Waals surface area contributed by atoms with Crippen molar-refractivity contribution in [2.24, 2.45) is 0 Å². The van der Waals surface area contributed by atoms with Crippen LogP contribution in [0, 0.1) is 0 Å². The van der Waals surface area contributed by atoms with E-state index in [1.165, 1.54) is 30.3 Å². The van der Waals surface area contributed by atoms with Crippen LogP contribution < -0.4 is 10.6 Å². The maximum Gasteiger partial charge on any atom is 0.437 e. The normalized spacial score (nSPS) is 11.4. The van der Waals surface area contributed by atoms with Crippen molar-refractivity contribution in [1.82, 2.24) is 9.97 Å². The summed E-state index contributed by atoms with van der Waals surface area (Å²) in [4.78, 5) is 19.5. The van der Waals surface area contributed by atoms with Crippen LogP contribution in [0.5, 0.6) is 0 Å². The first-order chi connectivity index (χ1) is 12.2. The number of benzene rings is 2. The summed E-state index contributed by atoms with van der Waals surface area (Å²) in [6.45, 7) is 0. The molecule has 1 aromatic heterocycles. The van der Waals surface area contributed by atoms with Gasteiger partial charge in [0, 0.05) is 5.69 Å². The summed E-state index contributed by atoms with van der Waals surface area (Å²) in [5.74, 6) is -0.700. The van der Waals surface area contributed by atoms with Crippen LogP contribution in [-0.2, 0) is 6.18 Å². The molecule has 1 heterocycles. The fourth-order valence-electron chi connectivity index (χ4n) is 2.13. The number of carbonyl (C=O) groups excluding carboxylic acids is 1. The highest BCUT2D eigenvalue weighted by atomic mass is 35.5. The molecule has 2 aromatic carbocycles. The number of hydrogen-bond donors (Lipinski definition) is 2. The van der Waals surface area contributed by atoms with Crippen molar-refractivity contribution >= 4 is 51.8 Å². The van der Waals surface area contributed by atoms with E-state index >= 15 is 0 Å². The van der Waals surface area contributed by atoms with Gasteiger partial charge in [-0.15, -0.1) is 0 Å². The topological polar surface area (TPSA) is 66.9 Å². The zero-order valence-electron chi connectivity index (χ0n) is 12.7. The number of alkyl halides is 3. The van der Waals surface area contributed by atoms with Gasteiger partial charge in [0.25, 0.3) is 0 Å². The van der Waals surface area contributed by atoms with Crippen molar-refractivity contribution in [3.8, 4) is 0 Å². The first-order valence-electron chi connectivity index (χ1n) is 7.11. The zero-order chi connectivity index (χ0) is 18.9. The number of para-hydroxylation sites is 2. The summed E-state index contributed by atoms with van der Waals surface area (Å²) in [6, 6.07) is 9.35. The smallest absolute Gasteiger partial charge is 0.308 e. The molecule has 3 rings (SSSR count). The molecule has 2 N–H and O–H groups in total. The maximum atomic E-state index is 13.2. The second-order valence-electron chi connectivity index (χ2n) is 5.12. The van der Waals surface area contributed by atoms with Crippen LogP contribution in [0.15, 0.2) is 42.5 Å². The molecule has 0 saturated heterocycles. The number of hydrogen-bond acceptors (Lipinski definition) is 3. The van der Waals surface area contributed by atoms with Crippen LogP contribution in [0.2, 0.25) is 10.0 Å². The van der Waals surface area contributed by atoms with E-state index in [1.54, 1.807) is 12.1 Å². The van der Waals surface area contributed by atoms with Crippen molar-refractivity contribution in [3.05, 3.63) is 58.2 Å². The molecule has 0 radical (unpaired) electrons. The van der Waals surface area contributed by atoms with Crippen LogP contribution in [0.25, 0.3) is 11.0 Å². The standard InChI is InChI=1S/C16H9Cl2F3N4O/c17-9-6-5-8(7-10(9)18)22-15(26)25-14-13(16(19,20)21)23-11-3-1-2-4-12(11)24-14/h1-7H,(H2,22,24,25,26). The van der Waals surface area contributed by atoms with Gasteiger partial charge in [0.2, 0.25) is 0 Å². The molecule has 10 heteroatoms. The Hall–Kier alpha value is -2.58. The Morgan fingerprint density at radius 2 is 1.58 bits per heavy atom. The minimum atomic E-state index is -4.79. The fraction of sp³-hybridized carbons (Fsp3) is 0.0625. The number of nitrogens with one attached hydrogen (secondary N) is 2. The molecule has 0 fully saturated rings. The second-order valence-corrected chi connectivity index (χ2v) is 5.93. The average molecular weight is 401 g/mol. The summed E-state index contributed by atoms with van der Waals surface area (Å²) in [5.41, 5.74) is -0.764. The summed E-state index contributed by atoms with van der Waals surface area (Å²) in [7, 11) is 0. The van der Waals surface area contributed by atoms with E-state index in [0.29, 0.717) is 0 Å². The molecule has 26 heavy (non-hydrogen) atoms. The molecule has 0 bridgehead atoms. The Morgan fingerprint density at radius 3 is 2.19 bits per heavy atom. The minimum Gasteiger partial charge on any atom is -0.308 e. The van der Waals surface area contributed by atoms with Crippen LogP contribution in [0.1, 0.15) is 5.69 Å². The Kier molecular flexibility index (Phi) is 4.88. The molecule has 2 amide bonds. The molecular formula is C16H9Cl2F3N4O. The van der Waals surface area contributed by atoms with Crippen LogP contribution >= 0.6 is 23.2 Å². The third kappa shape index (κ3) is 3.97. The number of aromatic nitrogens is 2. The summed E-state index contributed by atoms with van der Waals surface area (Å²) >= 11 is 11.6. The third-order valence-corrected chi connectivity index (χ3v) is 3.99. The highest BCUT2D eigenvalue weighted by Gasteiger charge is 2.37. The van der Waals surface area contributed by atoms with E-state index in [2.05, 4.69) is 20.6 Å². The van der Waals surface area contributed by atoms with Gasteiger partial charge in [-0.25, -0.2) is 14.8 Å². The second kappa shape index (κ2) is 6.97. The molecule has 0 saturated carbocycles. The average Bonchev–Trinajstić information content (AvgIpc) is 2.56. The summed E-state index contributed by atoms with van der Waals surface area (Å²) < 4.78 is 39.7. The van der Waals surface area contributed by atoms with E-state index in [9.17, 15) is 18.0 Å². The first kappa shape index (κ1) is 18.2. The lowest BCUT2D eigenvalue weighted by Gasteiger charge is -2.13. The van der Waals surface area contributed by atoms with Gasteiger partial charge in [-0.05, 0) is 30.3 Å². The van der Waals surface area contributed by atoms with E-state index in [1.807, 2.05) is 0 Å². The molecule has 0 atom stereocenters. The molecular weight excluding hydrogens is 392 g/mol. The fourth-order valence-corrected chi connectivity index (χ4v) is 2.43. The quantitative estimate of drug-likeness (QED) is 0.588. The van der Waals surface area contributed by atoms with Gasteiger partial charge < -0.3 is 5.32 Å². The summed E-state index contributed by atoms with van der Waals surface area (Å²) in [5, 5.41) is 4.89. The van der Waals surface area contributed by atoms with Crippen LogP contribution in [-0.4, -0.2) is 16.0 Å². The SMILES string of the molecule is O=C(Nc1ccc(Cl)c(Cl)c1)Nc1nc2ccccc2nc1C(F)(F)F. The van der Waals surface area contributed by atoms with Crippen molar-refractivity contribution in [3.63, 3.8) is 0 Å². The predicted molar refractivity (Wildman–Crippen MR) is 93.6 cm³/mol. The Bertz CT molecular complexity index is 995. The number of rotatable bonds is 2. The maximum absolute atomic E-state index is 13.2. The molecule has 0 spiro atoms.